The summed E-state index contributed by atoms with van der Waals surface area (Å²) >= 11 is 0. The molecule has 0 unspecified atom stereocenters. The van der Waals surface area contributed by atoms with Crippen LogP contribution in [-0.2, 0) is 29.0 Å². The molecule has 1 aromatic carbocycles. The minimum atomic E-state index is 0.0806. The number of likely N-dealkylation sites (tertiary alicyclic amines) is 1. The molecule has 158 valence electrons. The Bertz CT molecular complexity index is 923. The Morgan fingerprint density at radius 2 is 1.80 bits per heavy atom. The van der Waals surface area contributed by atoms with Crippen molar-refractivity contribution in [2.24, 2.45) is 0 Å². The van der Waals surface area contributed by atoms with Gasteiger partial charge >= 0.3 is 0 Å². The van der Waals surface area contributed by atoms with E-state index >= 15 is 0 Å². The topological polar surface area (TPSA) is 78.4 Å². The van der Waals surface area contributed by atoms with Crippen LogP contribution in [0.25, 0.3) is 0 Å². The van der Waals surface area contributed by atoms with E-state index < -0.39 is 0 Å². The van der Waals surface area contributed by atoms with E-state index in [4.69, 9.17) is 9.97 Å². The number of amides is 2. The van der Waals surface area contributed by atoms with Crippen LogP contribution in [0.2, 0.25) is 0 Å². The molecule has 3 heterocycles. The predicted molar refractivity (Wildman–Crippen MR) is 115 cm³/mol. The number of carbonyl (C=O) groups excluding carboxylic acids is 2. The van der Waals surface area contributed by atoms with Gasteiger partial charge in [0.05, 0.1) is 18.7 Å². The number of fused-ring (bicyclic) bond motifs is 1. The van der Waals surface area contributed by atoms with Crippen molar-refractivity contribution in [1.29, 1.82) is 0 Å². The molecule has 30 heavy (non-hydrogen) atoms. The van der Waals surface area contributed by atoms with E-state index in [0.29, 0.717) is 19.5 Å². The van der Waals surface area contributed by atoms with Gasteiger partial charge in [-0.2, -0.15) is 0 Å². The molecule has 7 nitrogen and oxygen atoms in total. The first-order chi connectivity index (χ1) is 14.5. The monoisotopic (exact) mass is 407 g/mol. The Labute approximate surface area is 177 Å². The zero-order valence-corrected chi connectivity index (χ0v) is 17.7. The molecule has 2 aliphatic heterocycles. The Hall–Kier alpha value is -2.96. The number of nitrogens with one attached hydrogen (secondary N) is 1. The molecule has 0 spiro atoms. The van der Waals surface area contributed by atoms with Gasteiger partial charge < -0.3 is 15.1 Å². The highest BCUT2D eigenvalue weighted by molar-refractivity contribution is 5.78. The molecule has 1 fully saturated rings. The van der Waals surface area contributed by atoms with Crippen molar-refractivity contribution in [3.8, 4) is 0 Å². The average molecular weight is 408 g/mol. The summed E-state index contributed by atoms with van der Waals surface area (Å²) in [6, 6.07) is 9.89. The van der Waals surface area contributed by atoms with Crippen LogP contribution in [0.1, 0.15) is 48.3 Å². The van der Waals surface area contributed by atoms with Crippen LogP contribution in [0.5, 0.6) is 0 Å². The van der Waals surface area contributed by atoms with E-state index in [2.05, 4.69) is 5.32 Å². The summed E-state index contributed by atoms with van der Waals surface area (Å²) in [4.78, 5) is 37.9. The third-order valence-electron chi connectivity index (χ3n) is 6.18. The van der Waals surface area contributed by atoms with Gasteiger partial charge in [0.15, 0.2) is 0 Å². The summed E-state index contributed by atoms with van der Waals surface area (Å²) in [7, 11) is 1.88. The number of anilines is 1. The number of nitrogens with zero attached hydrogens (tertiary/aromatic N) is 4. The molecule has 1 N–H and O–H groups in total. The van der Waals surface area contributed by atoms with Crippen LogP contribution < -0.4 is 5.32 Å². The molecular formula is C23H29N5O2. The number of carbonyl (C=O) groups is 2. The first-order valence-electron chi connectivity index (χ1n) is 10.7. The largest absolute Gasteiger partial charge is 0.373 e. The standard InChI is InChI=1S/C23H29N5O2/c1-16(29)28-13-10-19-20(15-28)25-22(26-23(19)24-2)18-8-11-27(12-9-18)21(30)14-17-6-4-3-5-7-17/h3-7,18H,8-15H2,1-2H3,(H,24,25,26). The smallest absolute Gasteiger partial charge is 0.226 e. The maximum Gasteiger partial charge on any atom is 0.226 e. The van der Waals surface area contributed by atoms with Crippen molar-refractivity contribution in [3.05, 3.63) is 53.0 Å². The molecule has 7 heteroatoms. The zero-order valence-electron chi connectivity index (χ0n) is 17.7. The first-order valence-corrected chi connectivity index (χ1v) is 10.7. The van der Waals surface area contributed by atoms with Gasteiger partial charge in [0, 0.05) is 45.1 Å². The number of hydrogen-bond acceptors (Lipinski definition) is 5. The second-order valence-electron chi connectivity index (χ2n) is 8.11. The van der Waals surface area contributed by atoms with E-state index in [1.54, 1.807) is 6.92 Å². The molecule has 1 aromatic heterocycles. The highest BCUT2D eigenvalue weighted by Gasteiger charge is 2.29. The van der Waals surface area contributed by atoms with Crippen molar-refractivity contribution in [2.45, 2.75) is 45.1 Å². The molecule has 0 bridgehead atoms. The third kappa shape index (κ3) is 4.30. The fourth-order valence-corrected chi connectivity index (χ4v) is 4.38. The van der Waals surface area contributed by atoms with Gasteiger partial charge in [-0.15, -0.1) is 0 Å². The highest BCUT2D eigenvalue weighted by Crippen LogP contribution is 2.30. The lowest BCUT2D eigenvalue weighted by molar-refractivity contribution is -0.131. The molecule has 2 amide bonds. The summed E-state index contributed by atoms with van der Waals surface area (Å²) in [5, 5.41) is 3.21. The summed E-state index contributed by atoms with van der Waals surface area (Å²) in [6.07, 6.45) is 2.95. The minimum Gasteiger partial charge on any atom is -0.373 e. The van der Waals surface area contributed by atoms with E-state index in [1.807, 2.05) is 47.2 Å². The predicted octanol–water partition coefficient (Wildman–Crippen LogP) is 2.37. The minimum absolute atomic E-state index is 0.0806. The quantitative estimate of drug-likeness (QED) is 0.842. The number of aromatic nitrogens is 2. The Morgan fingerprint density at radius 3 is 2.47 bits per heavy atom. The molecule has 0 atom stereocenters. The molecule has 2 aromatic rings. The molecule has 4 rings (SSSR count). The third-order valence-corrected chi connectivity index (χ3v) is 6.18. The van der Waals surface area contributed by atoms with Gasteiger partial charge in [0.25, 0.3) is 0 Å². The summed E-state index contributed by atoms with van der Waals surface area (Å²) < 4.78 is 0. The Morgan fingerprint density at radius 1 is 1.07 bits per heavy atom. The SMILES string of the molecule is CNc1nc(C2CCN(C(=O)Cc3ccccc3)CC2)nc2c1CCN(C(C)=O)C2. The van der Waals surface area contributed by atoms with Gasteiger partial charge in [-0.3, -0.25) is 9.59 Å². The summed E-state index contributed by atoms with van der Waals surface area (Å²) in [5.41, 5.74) is 3.12. The normalized spacial score (nSPS) is 16.9. The van der Waals surface area contributed by atoms with Crippen LogP contribution in [-0.4, -0.2) is 58.3 Å². The number of benzene rings is 1. The van der Waals surface area contributed by atoms with E-state index in [1.165, 1.54) is 0 Å². The Kier molecular flexibility index (Phi) is 5.97. The van der Waals surface area contributed by atoms with Gasteiger partial charge in [-0.25, -0.2) is 9.97 Å². The Balaban J connectivity index is 1.44. The van der Waals surface area contributed by atoms with Crippen LogP contribution in [0.15, 0.2) is 30.3 Å². The molecular weight excluding hydrogens is 378 g/mol. The van der Waals surface area contributed by atoms with E-state index in [0.717, 1.165) is 60.8 Å². The average Bonchev–Trinajstić information content (AvgIpc) is 2.78. The van der Waals surface area contributed by atoms with Crippen molar-refractivity contribution in [3.63, 3.8) is 0 Å². The van der Waals surface area contributed by atoms with E-state index in [-0.39, 0.29) is 17.7 Å². The zero-order chi connectivity index (χ0) is 21.1. The van der Waals surface area contributed by atoms with Crippen molar-refractivity contribution in [2.75, 3.05) is 32.0 Å². The maximum absolute atomic E-state index is 12.6. The lowest BCUT2D eigenvalue weighted by Gasteiger charge is -2.33. The molecule has 0 saturated carbocycles. The molecule has 2 aliphatic rings. The van der Waals surface area contributed by atoms with Crippen LogP contribution >= 0.6 is 0 Å². The fourth-order valence-electron chi connectivity index (χ4n) is 4.38. The number of hydrogen-bond donors (Lipinski definition) is 1. The van der Waals surface area contributed by atoms with Gasteiger partial charge in [0.1, 0.15) is 11.6 Å². The van der Waals surface area contributed by atoms with Crippen molar-refractivity contribution >= 4 is 17.6 Å². The first kappa shape index (κ1) is 20.3. The highest BCUT2D eigenvalue weighted by atomic mass is 16.2. The number of piperidine rings is 1. The summed E-state index contributed by atoms with van der Waals surface area (Å²) in [5.74, 6) is 2.20. The molecule has 1 saturated heterocycles. The number of rotatable bonds is 4. The van der Waals surface area contributed by atoms with E-state index in [9.17, 15) is 9.59 Å². The van der Waals surface area contributed by atoms with Gasteiger partial charge in [0.2, 0.25) is 11.8 Å². The van der Waals surface area contributed by atoms with Gasteiger partial charge in [-0.1, -0.05) is 30.3 Å². The van der Waals surface area contributed by atoms with Crippen LogP contribution in [0.3, 0.4) is 0 Å². The lowest BCUT2D eigenvalue weighted by atomic mass is 9.94. The van der Waals surface area contributed by atoms with Crippen LogP contribution in [0, 0.1) is 0 Å². The maximum atomic E-state index is 12.6. The summed E-state index contributed by atoms with van der Waals surface area (Å²) in [6.45, 7) is 4.32. The van der Waals surface area contributed by atoms with Crippen molar-refractivity contribution in [1.82, 2.24) is 19.8 Å². The fraction of sp³-hybridized carbons (Fsp3) is 0.478. The molecule has 0 aliphatic carbocycles. The van der Waals surface area contributed by atoms with Crippen LogP contribution in [0.4, 0.5) is 5.82 Å². The molecule has 0 radical (unpaired) electrons. The van der Waals surface area contributed by atoms with Crippen molar-refractivity contribution < 1.29 is 9.59 Å². The second-order valence-corrected chi connectivity index (χ2v) is 8.11. The van der Waals surface area contributed by atoms with Gasteiger partial charge in [-0.05, 0) is 24.8 Å². The lowest BCUT2D eigenvalue weighted by Crippen LogP contribution is -2.39. The second kappa shape index (κ2) is 8.81.